The summed E-state index contributed by atoms with van der Waals surface area (Å²) in [5.74, 6) is 0.170. The molecule has 106 valence electrons. The molecule has 0 radical (unpaired) electrons. The van der Waals surface area contributed by atoms with Gasteiger partial charge in [-0.1, -0.05) is 0 Å². The van der Waals surface area contributed by atoms with Gasteiger partial charge in [-0.25, -0.2) is 0 Å². The number of piperidine rings is 1. The van der Waals surface area contributed by atoms with Crippen LogP contribution in [0.2, 0.25) is 0 Å². The number of amides is 1. The zero-order valence-corrected chi connectivity index (χ0v) is 11.4. The van der Waals surface area contributed by atoms with Gasteiger partial charge in [-0.15, -0.1) is 0 Å². The first-order valence-corrected chi connectivity index (χ1v) is 6.80. The highest BCUT2D eigenvalue weighted by Gasteiger charge is 2.20. The summed E-state index contributed by atoms with van der Waals surface area (Å²) in [5.41, 5.74) is 1.13. The number of hydrogen-bond donors (Lipinski definition) is 2. The number of rotatable bonds is 5. The molecule has 0 saturated carbocycles. The molecule has 0 atom stereocenters. The van der Waals surface area contributed by atoms with Gasteiger partial charge < -0.3 is 15.3 Å². The first-order valence-electron chi connectivity index (χ1n) is 6.80. The Bertz CT molecular complexity index is 411. The zero-order valence-electron chi connectivity index (χ0n) is 11.4. The van der Waals surface area contributed by atoms with Gasteiger partial charge in [-0.3, -0.25) is 9.48 Å². The van der Waals surface area contributed by atoms with E-state index in [9.17, 15) is 4.79 Å². The van der Waals surface area contributed by atoms with Crippen LogP contribution in [0.15, 0.2) is 12.4 Å². The minimum atomic E-state index is 0.109. The van der Waals surface area contributed by atoms with Crippen molar-refractivity contribution < 1.29 is 9.90 Å². The van der Waals surface area contributed by atoms with Crippen molar-refractivity contribution in [1.82, 2.24) is 20.0 Å². The first-order chi connectivity index (χ1) is 9.19. The van der Waals surface area contributed by atoms with Crippen molar-refractivity contribution in [2.24, 2.45) is 0 Å². The quantitative estimate of drug-likeness (QED) is 0.785. The Morgan fingerprint density at radius 1 is 1.53 bits per heavy atom. The predicted octanol–water partition coefficient (Wildman–Crippen LogP) is -0.0241. The lowest BCUT2D eigenvalue weighted by Crippen LogP contribution is -2.43. The predicted molar refractivity (Wildman–Crippen MR) is 71.4 cm³/mol. The fraction of sp³-hybridized carbons (Fsp3) is 0.692. The number of carbonyl (C=O) groups excluding carboxylic acids is 1. The van der Waals surface area contributed by atoms with Crippen LogP contribution in [0.1, 0.15) is 25.3 Å². The van der Waals surface area contributed by atoms with Gasteiger partial charge in [0, 0.05) is 44.4 Å². The minimum absolute atomic E-state index is 0.109. The van der Waals surface area contributed by atoms with Crippen LogP contribution in [-0.4, -0.2) is 51.4 Å². The summed E-state index contributed by atoms with van der Waals surface area (Å²) in [5, 5.41) is 16.5. The van der Waals surface area contributed by atoms with Crippen molar-refractivity contribution in [3.8, 4) is 0 Å². The van der Waals surface area contributed by atoms with Gasteiger partial charge in [-0.2, -0.15) is 5.10 Å². The third kappa shape index (κ3) is 4.04. The van der Waals surface area contributed by atoms with Crippen LogP contribution in [0.4, 0.5) is 0 Å². The van der Waals surface area contributed by atoms with E-state index in [2.05, 4.69) is 10.4 Å². The summed E-state index contributed by atoms with van der Waals surface area (Å²) in [6.07, 6.45) is 5.79. The van der Waals surface area contributed by atoms with E-state index in [1.54, 1.807) is 11.6 Å². The number of aliphatic hydroxyl groups is 1. The van der Waals surface area contributed by atoms with Crippen LogP contribution in [0, 0.1) is 0 Å². The molecule has 19 heavy (non-hydrogen) atoms. The molecule has 0 bridgehead atoms. The normalized spacial score (nSPS) is 16.8. The molecule has 0 spiro atoms. The molecule has 2 rings (SSSR count). The second-order valence-electron chi connectivity index (χ2n) is 5.00. The van der Waals surface area contributed by atoms with Gasteiger partial charge in [-0.05, 0) is 12.8 Å². The van der Waals surface area contributed by atoms with E-state index < -0.39 is 0 Å². The molecule has 1 aromatic rings. The number of aromatic nitrogens is 2. The Morgan fingerprint density at radius 3 is 2.89 bits per heavy atom. The minimum Gasteiger partial charge on any atom is -0.394 e. The van der Waals surface area contributed by atoms with Gasteiger partial charge in [0.15, 0.2) is 0 Å². The highest BCUT2D eigenvalue weighted by molar-refractivity contribution is 5.73. The van der Waals surface area contributed by atoms with Crippen LogP contribution in [-0.2, 0) is 17.9 Å². The maximum Gasteiger partial charge on any atom is 0.219 e. The number of nitrogens with one attached hydrogen (secondary N) is 1. The smallest absolute Gasteiger partial charge is 0.219 e. The maximum absolute atomic E-state index is 11.2. The standard InChI is InChI=1S/C13H22N4O2/c1-11(19)16-4-2-13(3-5-16)14-8-12-9-15-17(10-12)6-7-18/h9-10,13-14,18H,2-8H2,1H3. The molecule has 2 N–H and O–H groups in total. The summed E-state index contributed by atoms with van der Waals surface area (Å²) in [6, 6.07) is 0.469. The van der Waals surface area contributed by atoms with Gasteiger partial charge >= 0.3 is 0 Å². The molecule has 6 nitrogen and oxygen atoms in total. The second kappa shape index (κ2) is 6.68. The molecule has 2 heterocycles. The Hall–Kier alpha value is -1.40. The number of likely N-dealkylation sites (tertiary alicyclic amines) is 1. The fourth-order valence-electron chi connectivity index (χ4n) is 2.38. The number of aliphatic hydroxyl groups excluding tert-OH is 1. The van der Waals surface area contributed by atoms with Crippen molar-refractivity contribution in [3.05, 3.63) is 18.0 Å². The largest absolute Gasteiger partial charge is 0.394 e. The van der Waals surface area contributed by atoms with Crippen molar-refractivity contribution in [2.45, 2.75) is 38.9 Å². The summed E-state index contributed by atoms with van der Waals surface area (Å²) in [7, 11) is 0. The highest BCUT2D eigenvalue weighted by atomic mass is 16.3. The fourth-order valence-corrected chi connectivity index (χ4v) is 2.38. The van der Waals surface area contributed by atoms with E-state index in [0.29, 0.717) is 12.6 Å². The lowest BCUT2D eigenvalue weighted by molar-refractivity contribution is -0.129. The van der Waals surface area contributed by atoms with E-state index in [4.69, 9.17) is 5.11 Å². The zero-order chi connectivity index (χ0) is 13.7. The lowest BCUT2D eigenvalue weighted by atomic mass is 10.0. The van der Waals surface area contributed by atoms with Gasteiger partial charge in [0.1, 0.15) is 0 Å². The molecule has 0 aliphatic carbocycles. The van der Waals surface area contributed by atoms with Crippen LogP contribution >= 0.6 is 0 Å². The third-order valence-corrected chi connectivity index (χ3v) is 3.55. The van der Waals surface area contributed by atoms with Gasteiger partial charge in [0.2, 0.25) is 5.91 Å². The third-order valence-electron chi connectivity index (χ3n) is 3.55. The molecule has 0 aromatic carbocycles. The van der Waals surface area contributed by atoms with E-state index in [1.807, 2.05) is 17.3 Å². The first kappa shape index (κ1) is 14.0. The molecule has 1 aliphatic rings. The lowest BCUT2D eigenvalue weighted by Gasteiger charge is -2.31. The average Bonchev–Trinajstić information content (AvgIpc) is 2.85. The SMILES string of the molecule is CC(=O)N1CCC(NCc2cnn(CCO)c2)CC1. The van der Waals surface area contributed by atoms with Crippen molar-refractivity contribution >= 4 is 5.91 Å². The topological polar surface area (TPSA) is 70.4 Å². The van der Waals surface area contributed by atoms with Crippen LogP contribution in [0.25, 0.3) is 0 Å². The maximum atomic E-state index is 11.2. The molecular formula is C13H22N4O2. The van der Waals surface area contributed by atoms with E-state index in [-0.39, 0.29) is 12.5 Å². The second-order valence-corrected chi connectivity index (χ2v) is 5.00. The molecule has 1 saturated heterocycles. The monoisotopic (exact) mass is 266 g/mol. The van der Waals surface area contributed by atoms with Crippen LogP contribution < -0.4 is 5.32 Å². The van der Waals surface area contributed by atoms with Crippen LogP contribution in [0.5, 0.6) is 0 Å². The highest BCUT2D eigenvalue weighted by Crippen LogP contribution is 2.11. The summed E-state index contributed by atoms with van der Waals surface area (Å²) >= 11 is 0. The Morgan fingerprint density at radius 2 is 2.26 bits per heavy atom. The molecule has 1 amide bonds. The Kier molecular flexibility index (Phi) is 4.93. The number of hydrogen-bond acceptors (Lipinski definition) is 4. The van der Waals surface area contributed by atoms with E-state index in [0.717, 1.165) is 38.0 Å². The van der Waals surface area contributed by atoms with Crippen LogP contribution in [0.3, 0.4) is 0 Å². The number of carbonyl (C=O) groups is 1. The molecule has 1 fully saturated rings. The van der Waals surface area contributed by atoms with Crippen molar-refractivity contribution in [3.63, 3.8) is 0 Å². The Labute approximate surface area is 113 Å². The summed E-state index contributed by atoms with van der Waals surface area (Å²) in [6.45, 7) is 4.75. The van der Waals surface area contributed by atoms with E-state index >= 15 is 0 Å². The van der Waals surface area contributed by atoms with Crippen molar-refractivity contribution in [1.29, 1.82) is 0 Å². The van der Waals surface area contributed by atoms with Gasteiger partial charge in [0.05, 0.1) is 19.3 Å². The molecule has 0 unspecified atom stereocenters. The average molecular weight is 266 g/mol. The summed E-state index contributed by atoms with van der Waals surface area (Å²) in [4.78, 5) is 13.1. The van der Waals surface area contributed by atoms with Gasteiger partial charge in [0.25, 0.3) is 0 Å². The molecule has 6 heteroatoms. The molecule has 1 aromatic heterocycles. The molecule has 1 aliphatic heterocycles. The van der Waals surface area contributed by atoms with E-state index in [1.165, 1.54) is 0 Å². The summed E-state index contributed by atoms with van der Waals surface area (Å²) < 4.78 is 1.75. The molecular weight excluding hydrogens is 244 g/mol. The van der Waals surface area contributed by atoms with Crippen molar-refractivity contribution in [2.75, 3.05) is 19.7 Å². The Balaban J connectivity index is 1.72. The number of nitrogens with zero attached hydrogens (tertiary/aromatic N) is 3.